The van der Waals surface area contributed by atoms with E-state index >= 15 is 0 Å². The van der Waals surface area contributed by atoms with Crippen LogP contribution in [-0.2, 0) is 17.6 Å². The van der Waals surface area contributed by atoms with E-state index in [0.717, 1.165) is 29.3 Å². The minimum absolute atomic E-state index is 0.104. The van der Waals surface area contributed by atoms with Crippen LogP contribution in [0.25, 0.3) is 0 Å². The summed E-state index contributed by atoms with van der Waals surface area (Å²) in [5.41, 5.74) is 2.64. The molecule has 0 bridgehead atoms. The van der Waals surface area contributed by atoms with Crippen molar-refractivity contribution in [2.45, 2.75) is 31.1 Å². The fraction of sp³-hybridized carbons (Fsp3) is 0.316. The first kappa shape index (κ1) is 18.4. The van der Waals surface area contributed by atoms with Crippen LogP contribution < -0.4 is 10.1 Å². The minimum Gasteiger partial charge on any atom is -0.490 e. The average Bonchev–Trinajstić information content (AvgIpc) is 2.98. The first-order chi connectivity index (χ1) is 12.5. The van der Waals surface area contributed by atoms with Gasteiger partial charge in [0.05, 0.1) is 10.9 Å². The summed E-state index contributed by atoms with van der Waals surface area (Å²) in [6.07, 6.45) is 2.35. The number of imide groups is 1. The van der Waals surface area contributed by atoms with Crippen LogP contribution in [-0.4, -0.2) is 33.1 Å². The largest absolute Gasteiger partial charge is 0.490 e. The molecule has 0 spiro atoms. The highest BCUT2D eigenvalue weighted by Gasteiger charge is 2.31. The van der Waals surface area contributed by atoms with Crippen molar-refractivity contribution in [3.8, 4) is 5.75 Å². The van der Waals surface area contributed by atoms with Crippen LogP contribution in [0.1, 0.15) is 29.8 Å². The first-order valence-corrected chi connectivity index (χ1v) is 9.29. The number of rotatable bonds is 7. The number of nitrogens with one attached hydrogen (secondary N) is 1. The zero-order valence-electron chi connectivity index (χ0n) is 14.3. The maximum atomic E-state index is 11.6. The number of aliphatic hydroxyl groups is 1. The fourth-order valence-electron chi connectivity index (χ4n) is 2.57. The molecule has 1 aliphatic rings. The summed E-state index contributed by atoms with van der Waals surface area (Å²) in [5.74, 6) is 0.377. The molecular formula is C19H20N2O4S. The number of aromatic nitrogens is 1. The number of carbonyl (C=O) groups is 2. The van der Waals surface area contributed by atoms with Crippen LogP contribution >= 0.6 is 11.8 Å². The van der Waals surface area contributed by atoms with Gasteiger partial charge in [-0.3, -0.25) is 19.9 Å². The molecule has 6 nitrogen and oxygen atoms in total. The Kier molecular flexibility index (Phi) is 5.90. The number of amides is 2. The van der Waals surface area contributed by atoms with Gasteiger partial charge in [-0.1, -0.05) is 36.9 Å². The lowest BCUT2D eigenvalue weighted by atomic mass is 10.1. The van der Waals surface area contributed by atoms with Crippen molar-refractivity contribution in [3.05, 3.63) is 59.4 Å². The van der Waals surface area contributed by atoms with Crippen molar-refractivity contribution in [1.82, 2.24) is 10.3 Å². The van der Waals surface area contributed by atoms with Crippen LogP contribution in [0.5, 0.6) is 5.75 Å². The monoisotopic (exact) mass is 372 g/mol. The van der Waals surface area contributed by atoms with Gasteiger partial charge >= 0.3 is 0 Å². The van der Waals surface area contributed by atoms with Gasteiger partial charge < -0.3 is 9.84 Å². The van der Waals surface area contributed by atoms with E-state index in [4.69, 9.17) is 4.74 Å². The van der Waals surface area contributed by atoms with Crippen LogP contribution in [0.4, 0.5) is 4.79 Å². The normalized spacial score (nSPS) is 17.8. The Hall–Kier alpha value is -2.38. The lowest BCUT2D eigenvalue weighted by molar-refractivity contribution is -0.118. The van der Waals surface area contributed by atoms with Crippen molar-refractivity contribution < 1.29 is 19.4 Å². The van der Waals surface area contributed by atoms with E-state index in [0.29, 0.717) is 17.9 Å². The summed E-state index contributed by atoms with van der Waals surface area (Å²) in [6, 6.07) is 11.0. The molecule has 1 aromatic carbocycles. The average molecular weight is 372 g/mol. The number of benzene rings is 1. The Morgan fingerprint density at radius 3 is 2.50 bits per heavy atom. The predicted octanol–water partition coefficient (Wildman–Crippen LogP) is 2.65. The fourth-order valence-corrected chi connectivity index (χ4v) is 3.43. The Morgan fingerprint density at radius 1 is 1.19 bits per heavy atom. The molecule has 2 aromatic rings. The summed E-state index contributed by atoms with van der Waals surface area (Å²) in [6.45, 7) is 2.16. The van der Waals surface area contributed by atoms with Crippen LogP contribution in [0, 0.1) is 0 Å². The van der Waals surface area contributed by atoms with Gasteiger partial charge in [-0.15, -0.1) is 0 Å². The molecule has 26 heavy (non-hydrogen) atoms. The van der Waals surface area contributed by atoms with E-state index in [-0.39, 0.29) is 23.0 Å². The smallest absolute Gasteiger partial charge is 0.286 e. The molecule has 1 aromatic heterocycles. The molecule has 1 saturated heterocycles. The Balaban J connectivity index is 1.52. The van der Waals surface area contributed by atoms with E-state index < -0.39 is 6.10 Å². The summed E-state index contributed by atoms with van der Waals surface area (Å²) in [4.78, 5) is 27.0. The van der Waals surface area contributed by atoms with Gasteiger partial charge in [0.15, 0.2) is 0 Å². The van der Waals surface area contributed by atoms with Crippen LogP contribution in [0.15, 0.2) is 42.6 Å². The van der Waals surface area contributed by atoms with Crippen molar-refractivity contribution in [1.29, 1.82) is 0 Å². The number of aryl methyl sites for hydroxylation is 1. The van der Waals surface area contributed by atoms with Gasteiger partial charge in [-0.05, 0) is 42.2 Å². The molecule has 1 unspecified atom stereocenters. The lowest BCUT2D eigenvalue weighted by Crippen LogP contribution is -2.25. The highest BCUT2D eigenvalue weighted by atomic mass is 32.2. The van der Waals surface area contributed by atoms with E-state index in [2.05, 4.69) is 17.2 Å². The highest BCUT2D eigenvalue weighted by Crippen LogP contribution is 2.24. The summed E-state index contributed by atoms with van der Waals surface area (Å²) in [5, 5.41) is 11.8. The second-order valence-electron chi connectivity index (χ2n) is 6.00. The van der Waals surface area contributed by atoms with Crippen molar-refractivity contribution in [3.63, 3.8) is 0 Å². The zero-order chi connectivity index (χ0) is 18.5. The molecule has 2 atom stereocenters. The van der Waals surface area contributed by atoms with Gasteiger partial charge in [-0.2, -0.15) is 0 Å². The number of hydrogen-bond acceptors (Lipinski definition) is 6. The van der Waals surface area contributed by atoms with Crippen LogP contribution in [0.2, 0.25) is 0 Å². The number of thioether (sulfide) groups is 1. The Bertz CT molecular complexity index is 777. The van der Waals surface area contributed by atoms with Crippen molar-refractivity contribution in [2.24, 2.45) is 0 Å². The molecule has 0 saturated carbocycles. The van der Waals surface area contributed by atoms with E-state index in [1.807, 2.05) is 24.3 Å². The second kappa shape index (κ2) is 8.33. The van der Waals surface area contributed by atoms with Gasteiger partial charge in [0.2, 0.25) is 5.91 Å². The third-order valence-electron chi connectivity index (χ3n) is 4.12. The molecule has 0 aliphatic carbocycles. The number of nitrogens with zero attached hydrogens (tertiary/aromatic N) is 1. The van der Waals surface area contributed by atoms with Crippen molar-refractivity contribution in [2.75, 3.05) is 6.61 Å². The standard InChI is InChI=1S/C19H20N2O4S/c1-2-12-5-8-15(20-10-12)16(22)11-25-14-6-3-13(4-7-14)9-17-18(23)21-19(24)26-17/h3-8,10,16-17,22H,2,9,11H2,1H3,(H,21,23,24)/t16?,17-/m1/s1. The molecule has 136 valence electrons. The number of ether oxygens (including phenoxy) is 1. The lowest BCUT2D eigenvalue weighted by Gasteiger charge is -2.13. The summed E-state index contributed by atoms with van der Waals surface area (Å²) in [7, 11) is 0. The third kappa shape index (κ3) is 4.62. The first-order valence-electron chi connectivity index (χ1n) is 8.41. The van der Waals surface area contributed by atoms with Crippen LogP contribution in [0.3, 0.4) is 0 Å². The Labute approximate surface area is 156 Å². The zero-order valence-corrected chi connectivity index (χ0v) is 15.2. The minimum atomic E-state index is -0.801. The number of pyridine rings is 1. The summed E-state index contributed by atoms with van der Waals surface area (Å²) < 4.78 is 5.61. The molecule has 7 heteroatoms. The van der Waals surface area contributed by atoms with E-state index in [9.17, 15) is 14.7 Å². The molecule has 1 fully saturated rings. The van der Waals surface area contributed by atoms with Gasteiger partial charge in [-0.25, -0.2) is 0 Å². The van der Waals surface area contributed by atoms with E-state index in [1.54, 1.807) is 18.3 Å². The maximum absolute atomic E-state index is 11.6. The van der Waals surface area contributed by atoms with Gasteiger partial charge in [0.1, 0.15) is 18.5 Å². The quantitative estimate of drug-likeness (QED) is 0.777. The maximum Gasteiger partial charge on any atom is 0.286 e. The SMILES string of the molecule is CCc1ccc(C(O)COc2ccc(C[C@H]3SC(=O)NC3=O)cc2)nc1. The molecule has 2 heterocycles. The third-order valence-corrected chi connectivity index (χ3v) is 5.10. The van der Waals surface area contributed by atoms with Gasteiger partial charge in [0, 0.05) is 6.20 Å². The van der Waals surface area contributed by atoms with E-state index in [1.165, 1.54) is 0 Å². The molecule has 2 N–H and O–H groups in total. The topological polar surface area (TPSA) is 88.5 Å². The van der Waals surface area contributed by atoms with Gasteiger partial charge in [0.25, 0.3) is 5.24 Å². The predicted molar refractivity (Wildman–Crippen MR) is 99.1 cm³/mol. The second-order valence-corrected chi connectivity index (χ2v) is 7.18. The Morgan fingerprint density at radius 2 is 1.92 bits per heavy atom. The van der Waals surface area contributed by atoms with Crippen molar-refractivity contribution >= 4 is 22.9 Å². The molecule has 0 radical (unpaired) electrons. The summed E-state index contributed by atoms with van der Waals surface area (Å²) >= 11 is 1.02. The number of carbonyl (C=O) groups excluding carboxylic acids is 2. The molecule has 1 aliphatic heterocycles. The number of hydrogen-bond donors (Lipinski definition) is 2. The molecule has 2 amide bonds. The molecular weight excluding hydrogens is 352 g/mol. The highest BCUT2D eigenvalue weighted by molar-refractivity contribution is 8.15. The number of aliphatic hydroxyl groups excluding tert-OH is 1. The molecule has 3 rings (SSSR count).